The molecule has 0 aromatic heterocycles. The van der Waals surface area contributed by atoms with Crippen LogP contribution in [0.5, 0.6) is 0 Å². The van der Waals surface area contributed by atoms with Crippen LogP contribution in [0.2, 0.25) is 0 Å². The van der Waals surface area contributed by atoms with E-state index in [9.17, 15) is 0 Å². The van der Waals surface area contributed by atoms with Crippen molar-refractivity contribution in [2.24, 2.45) is 11.8 Å². The van der Waals surface area contributed by atoms with Gasteiger partial charge in [0.25, 0.3) is 0 Å². The van der Waals surface area contributed by atoms with Crippen LogP contribution in [-0.4, -0.2) is 0 Å². The number of hydrogen-bond donors (Lipinski definition) is 0. The Balaban J connectivity index is 0. The van der Waals surface area contributed by atoms with Gasteiger partial charge in [0.1, 0.15) is 0 Å². The van der Waals surface area contributed by atoms with Crippen LogP contribution >= 0.6 is 0 Å². The number of aryl methyl sites for hydroxylation is 1. The maximum absolute atomic E-state index is 2.38. The molecule has 0 saturated heterocycles. The Hall–Kier alpha value is -0.261. The summed E-state index contributed by atoms with van der Waals surface area (Å²) in [6.07, 6.45) is 11.7. The van der Waals surface area contributed by atoms with Crippen LogP contribution in [-0.2, 0) is 17.1 Å². The largest absolute Gasteiger partial charge is 2.00 e. The molecule has 0 spiro atoms. The first-order valence-electron chi connectivity index (χ1n) is 8.75. The van der Waals surface area contributed by atoms with Crippen molar-refractivity contribution in [1.82, 2.24) is 0 Å². The van der Waals surface area contributed by atoms with Gasteiger partial charge in [-0.15, -0.1) is 0 Å². The molecule has 0 nitrogen and oxygen atoms in total. The minimum atomic E-state index is 0. The van der Waals surface area contributed by atoms with Gasteiger partial charge in [0.2, 0.25) is 0 Å². The Labute approximate surface area is 157 Å². The van der Waals surface area contributed by atoms with Crippen molar-refractivity contribution in [3.05, 3.63) is 50.2 Å². The summed E-state index contributed by atoms with van der Waals surface area (Å²) in [6.45, 7) is 7.01. The Kier molecular flexibility index (Phi) is 14.2. The van der Waals surface area contributed by atoms with Crippen LogP contribution in [0, 0.1) is 33.6 Å². The molecule has 2 fully saturated rings. The summed E-state index contributed by atoms with van der Waals surface area (Å²) in [4.78, 5) is 0. The summed E-state index contributed by atoms with van der Waals surface area (Å²) in [5, 5.41) is 0. The van der Waals surface area contributed by atoms with E-state index in [2.05, 4.69) is 45.0 Å². The molecule has 134 valence electrons. The molecule has 0 bridgehead atoms. The third-order valence-electron chi connectivity index (χ3n) is 5.26. The maximum atomic E-state index is 2.38. The predicted molar refractivity (Wildman–Crippen MR) is 102 cm³/mol. The van der Waals surface area contributed by atoms with Gasteiger partial charge in [0, 0.05) is 0 Å². The molecule has 0 radical (unpaired) electrons. The van der Waals surface area contributed by atoms with Crippen molar-refractivity contribution >= 4 is 0 Å². The molecule has 0 amide bonds. The summed E-state index contributed by atoms with van der Waals surface area (Å²) in [5.74, 6) is 2.56. The molecule has 2 unspecified atom stereocenters. The predicted octanol–water partition coefficient (Wildman–Crippen LogP) is 7.38. The van der Waals surface area contributed by atoms with E-state index in [4.69, 9.17) is 0 Å². The van der Waals surface area contributed by atoms with Crippen LogP contribution in [0.4, 0.5) is 0 Å². The molecule has 1 aromatic rings. The smallest absolute Gasteiger partial charge is 0.358 e. The molecule has 2 atom stereocenters. The van der Waals surface area contributed by atoms with Gasteiger partial charge >= 0.3 is 17.1 Å². The quantitative estimate of drug-likeness (QED) is 0.382. The molecule has 2 aliphatic carbocycles. The summed E-state index contributed by atoms with van der Waals surface area (Å²) in [6, 6.07) is 8.93. The SMILES string of the molecule is C1CCCC1.Cc1ccccc1C1CCCC1C(C)C.[CH3-].[CH3-].[Fe+2]. The topological polar surface area (TPSA) is 0 Å². The van der Waals surface area contributed by atoms with E-state index >= 15 is 0 Å². The first-order chi connectivity index (χ1) is 9.70. The Morgan fingerprint density at radius 1 is 0.826 bits per heavy atom. The molecule has 1 aromatic carbocycles. The van der Waals surface area contributed by atoms with Gasteiger partial charge < -0.3 is 14.9 Å². The van der Waals surface area contributed by atoms with E-state index in [-0.39, 0.29) is 31.9 Å². The van der Waals surface area contributed by atoms with Crippen molar-refractivity contribution in [2.45, 2.75) is 78.1 Å². The van der Waals surface area contributed by atoms with Crippen molar-refractivity contribution < 1.29 is 17.1 Å². The second-order valence-electron chi connectivity index (χ2n) is 7.07. The van der Waals surface area contributed by atoms with Gasteiger partial charge in [-0.25, -0.2) is 0 Å². The fourth-order valence-electron chi connectivity index (χ4n) is 4.06. The zero-order valence-corrected chi connectivity index (χ0v) is 17.2. The van der Waals surface area contributed by atoms with Crippen molar-refractivity contribution in [3.63, 3.8) is 0 Å². The fourth-order valence-corrected chi connectivity index (χ4v) is 4.06. The second-order valence-corrected chi connectivity index (χ2v) is 7.07. The number of rotatable bonds is 2. The van der Waals surface area contributed by atoms with Crippen LogP contribution in [0.1, 0.15) is 82.3 Å². The molecule has 0 aliphatic heterocycles. The average molecular weight is 358 g/mol. The molecule has 0 heterocycles. The number of hydrogen-bond acceptors (Lipinski definition) is 0. The standard InChI is InChI=1S/C15H22.C5H10.2CH3.Fe/c1-11(2)13-9-6-10-15(13)14-8-5-4-7-12(14)3;1-2-4-5-3-1;;;/h4-5,7-8,11,13,15H,6,9-10H2,1-3H3;1-5H2;2*1H3;/q;;2*-1;+2. The minimum Gasteiger partial charge on any atom is -0.358 e. The van der Waals surface area contributed by atoms with Crippen molar-refractivity contribution in [1.29, 1.82) is 0 Å². The van der Waals surface area contributed by atoms with E-state index in [1.807, 2.05) is 0 Å². The summed E-state index contributed by atoms with van der Waals surface area (Å²) in [7, 11) is 0. The first-order valence-corrected chi connectivity index (χ1v) is 8.75. The second kappa shape index (κ2) is 13.1. The zero-order valence-electron chi connectivity index (χ0n) is 16.1. The third-order valence-corrected chi connectivity index (χ3v) is 5.26. The zero-order chi connectivity index (χ0) is 14.4. The van der Waals surface area contributed by atoms with E-state index < -0.39 is 0 Å². The molecule has 0 N–H and O–H groups in total. The van der Waals surface area contributed by atoms with Gasteiger partial charge in [-0.2, -0.15) is 0 Å². The molecule has 2 saturated carbocycles. The Bertz CT molecular complexity index is 385. The van der Waals surface area contributed by atoms with Gasteiger partial charge in [-0.1, -0.05) is 76.6 Å². The summed E-state index contributed by atoms with van der Waals surface area (Å²) in [5.41, 5.74) is 3.09. The normalized spacial score (nSPS) is 22.3. The van der Waals surface area contributed by atoms with Crippen LogP contribution in [0.3, 0.4) is 0 Å². The molecule has 1 heteroatoms. The summed E-state index contributed by atoms with van der Waals surface area (Å²) >= 11 is 0. The van der Waals surface area contributed by atoms with Gasteiger partial charge in [0.05, 0.1) is 0 Å². The maximum Gasteiger partial charge on any atom is 2.00 e. The summed E-state index contributed by atoms with van der Waals surface area (Å²) < 4.78 is 0. The van der Waals surface area contributed by atoms with Gasteiger partial charge in [-0.3, -0.25) is 0 Å². The van der Waals surface area contributed by atoms with Gasteiger partial charge in [0.15, 0.2) is 0 Å². The average Bonchev–Trinajstić information content (AvgIpc) is 3.14. The van der Waals surface area contributed by atoms with E-state index in [1.54, 1.807) is 5.56 Å². The fraction of sp³-hybridized carbons (Fsp3) is 0.636. The molecule has 2 aliphatic rings. The first kappa shape index (κ1) is 25.0. The molecular formula is C22H38Fe. The third kappa shape index (κ3) is 7.44. The number of benzene rings is 1. The van der Waals surface area contributed by atoms with Crippen molar-refractivity contribution in [2.75, 3.05) is 0 Å². The molecule has 3 rings (SSSR count). The van der Waals surface area contributed by atoms with Crippen molar-refractivity contribution in [3.8, 4) is 0 Å². The van der Waals surface area contributed by atoms with Crippen LogP contribution < -0.4 is 0 Å². The van der Waals surface area contributed by atoms with E-state index in [0.717, 1.165) is 17.8 Å². The minimum absolute atomic E-state index is 0. The molecular weight excluding hydrogens is 320 g/mol. The van der Waals surface area contributed by atoms with Crippen LogP contribution in [0.25, 0.3) is 0 Å². The van der Waals surface area contributed by atoms with Crippen LogP contribution in [0.15, 0.2) is 24.3 Å². The monoisotopic (exact) mass is 358 g/mol. The van der Waals surface area contributed by atoms with Gasteiger partial charge in [-0.05, 0) is 48.6 Å². The Morgan fingerprint density at radius 3 is 1.83 bits per heavy atom. The van der Waals surface area contributed by atoms with E-state index in [1.165, 1.54) is 56.9 Å². The Morgan fingerprint density at radius 2 is 1.35 bits per heavy atom. The van der Waals surface area contributed by atoms with E-state index in [0.29, 0.717) is 0 Å². The molecule has 23 heavy (non-hydrogen) atoms.